The quantitative estimate of drug-likeness (QED) is 0.459. The van der Waals surface area contributed by atoms with E-state index in [-0.39, 0.29) is 29.1 Å². The summed E-state index contributed by atoms with van der Waals surface area (Å²) in [5, 5.41) is 15.8. The number of carbonyl (C=O) groups is 3. The molecule has 5 atom stereocenters. The highest BCUT2D eigenvalue weighted by atomic mass is 35.5. The van der Waals surface area contributed by atoms with E-state index in [0.717, 1.165) is 19.3 Å². The minimum atomic E-state index is -0.667. The Morgan fingerprint density at radius 2 is 1.94 bits per heavy atom. The van der Waals surface area contributed by atoms with Crippen LogP contribution in [0, 0.1) is 11.8 Å². The summed E-state index contributed by atoms with van der Waals surface area (Å²) in [6.45, 7) is 5.06. The maximum Gasteiger partial charge on any atom is 0.248 e. The summed E-state index contributed by atoms with van der Waals surface area (Å²) in [4.78, 5) is 42.3. The largest absolute Gasteiger partial charge is 0.396 e. The lowest BCUT2D eigenvalue weighted by Gasteiger charge is -2.34. The molecular formula is C24H32ClN3O4S. The molecule has 0 saturated carbocycles. The Balaban J connectivity index is 1.67. The Morgan fingerprint density at radius 3 is 2.61 bits per heavy atom. The number of benzene rings is 1. The normalized spacial score (nSPS) is 32.2. The predicted octanol–water partition coefficient (Wildman–Crippen LogP) is 3.06. The molecular weight excluding hydrogens is 462 g/mol. The monoisotopic (exact) mass is 493 g/mol. The highest BCUT2D eigenvalue weighted by Gasteiger charge is 2.76. The van der Waals surface area contributed by atoms with Gasteiger partial charge in [0, 0.05) is 35.2 Å². The Hall–Kier alpha value is -1.77. The molecule has 0 aliphatic carbocycles. The topological polar surface area (TPSA) is 98.7 Å². The van der Waals surface area contributed by atoms with Gasteiger partial charge in [-0.2, -0.15) is 0 Å². The third-order valence-corrected chi connectivity index (χ3v) is 9.51. The first-order chi connectivity index (χ1) is 15.8. The zero-order chi connectivity index (χ0) is 23.8. The van der Waals surface area contributed by atoms with Gasteiger partial charge in [0.15, 0.2) is 0 Å². The number of anilines is 1. The van der Waals surface area contributed by atoms with Crippen molar-refractivity contribution in [2.75, 3.05) is 25.0 Å². The highest BCUT2D eigenvalue weighted by molar-refractivity contribution is 8.02. The molecule has 4 rings (SSSR count). The minimum absolute atomic E-state index is 0.0348. The number of nitrogens with zero attached hydrogens (tertiary/aromatic N) is 1. The van der Waals surface area contributed by atoms with Gasteiger partial charge in [-0.1, -0.05) is 18.5 Å². The second-order valence-electron chi connectivity index (χ2n) is 9.48. The second-order valence-corrected chi connectivity index (χ2v) is 11.8. The van der Waals surface area contributed by atoms with E-state index >= 15 is 0 Å². The van der Waals surface area contributed by atoms with Gasteiger partial charge < -0.3 is 20.6 Å². The van der Waals surface area contributed by atoms with E-state index in [4.69, 9.17) is 11.6 Å². The minimum Gasteiger partial charge on any atom is -0.396 e. The molecule has 1 aromatic rings. The van der Waals surface area contributed by atoms with Crippen LogP contribution in [0.3, 0.4) is 0 Å². The SMILES string of the molecule is CCCNC(=O)[C@H]1[C@H]2C(=O)N(CCCCO)C(C(=O)Nc3ccc(Cl)cc3)C23CC[C@]1(C)S3. The number of aliphatic hydroxyl groups is 1. The number of fused-ring (bicyclic) bond motifs is 1. The number of carbonyl (C=O) groups excluding carboxylic acids is 3. The van der Waals surface area contributed by atoms with Crippen molar-refractivity contribution in [1.82, 2.24) is 10.2 Å². The van der Waals surface area contributed by atoms with Crippen LogP contribution in [-0.4, -0.2) is 63.0 Å². The van der Waals surface area contributed by atoms with Crippen molar-refractivity contribution >= 4 is 46.8 Å². The van der Waals surface area contributed by atoms with Crippen LogP contribution in [0.4, 0.5) is 5.69 Å². The molecule has 1 spiro atoms. The summed E-state index contributed by atoms with van der Waals surface area (Å²) in [7, 11) is 0. The zero-order valence-corrected chi connectivity index (χ0v) is 20.7. The number of thioether (sulfide) groups is 1. The van der Waals surface area contributed by atoms with Crippen LogP contribution < -0.4 is 10.6 Å². The summed E-state index contributed by atoms with van der Waals surface area (Å²) in [6, 6.07) is 6.23. The van der Waals surface area contributed by atoms with Gasteiger partial charge in [-0.3, -0.25) is 14.4 Å². The number of halogens is 1. The maximum atomic E-state index is 13.8. The second kappa shape index (κ2) is 9.47. The molecule has 3 saturated heterocycles. The molecule has 3 fully saturated rings. The summed E-state index contributed by atoms with van der Waals surface area (Å²) in [5.74, 6) is -1.40. The average molecular weight is 494 g/mol. The van der Waals surface area contributed by atoms with E-state index in [1.807, 2.05) is 6.92 Å². The van der Waals surface area contributed by atoms with E-state index in [1.165, 1.54) is 0 Å². The molecule has 2 bridgehead atoms. The van der Waals surface area contributed by atoms with E-state index < -0.39 is 22.6 Å². The summed E-state index contributed by atoms with van der Waals surface area (Å²) in [5.41, 5.74) is 0.619. The number of rotatable bonds is 9. The lowest BCUT2D eigenvalue weighted by Crippen LogP contribution is -2.52. The van der Waals surface area contributed by atoms with Crippen LogP contribution in [0.25, 0.3) is 0 Å². The van der Waals surface area contributed by atoms with Crippen LogP contribution in [0.5, 0.6) is 0 Å². The summed E-state index contributed by atoms with van der Waals surface area (Å²) >= 11 is 7.64. The van der Waals surface area contributed by atoms with Crippen molar-refractivity contribution in [3.63, 3.8) is 0 Å². The van der Waals surface area contributed by atoms with Crippen LogP contribution in [0.1, 0.15) is 46.0 Å². The van der Waals surface area contributed by atoms with Crippen LogP contribution >= 0.6 is 23.4 Å². The van der Waals surface area contributed by atoms with Gasteiger partial charge in [0.25, 0.3) is 0 Å². The standard InChI is InChI=1S/C24H32ClN3O4S/c1-3-12-26-20(30)17-18-22(32)28(13-4-5-14-29)19(24(18)11-10-23(17,2)33-24)21(31)27-16-8-6-15(25)7-9-16/h6-9,17-19,29H,3-5,10-14H2,1-2H3,(H,26,30)(H,27,31)/t17-,18+,19?,23+,24?/m1/s1. The fourth-order valence-corrected chi connectivity index (χ4v) is 8.35. The average Bonchev–Trinajstić information content (AvgIpc) is 3.35. The van der Waals surface area contributed by atoms with E-state index in [1.54, 1.807) is 40.9 Å². The Labute approximate surface area is 204 Å². The molecule has 3 aliphatic rings. The van der Waals surface area contributed by atoms with Gasteiger partial charge in [-0.15, -0.1) is 11.8 Å². The summed E-state index contributed by atoms with van der Waals surface area (Å²) in [6.07, 6.45) is 3.49. The van der Waals surface area contributed by atoms with Crippen molar-refractivity contribution in [3.8, 4) is 0 Å². The van der Waals surface area contributed by atoms with Crippen LogP contribution in [0.2, 0.25) is 5.02 Å². The smallest absolute Gasteiger partial charge is 0.248 e. The molecule has 3 amide bonds. The Bertz CT molecular complexity index is 929. The molecule has 180 valence electrons. The highest BCUT2D eigenvalue weighted by Crippen LogP contribution is 2.71. The molecule has 33 heavy (non-hydrogen) atoms. The number of hydrogen-bond donors (Lipinski definition) is 3. The molecule has 7 nitrogen and oxygen atoms in total. The van der Waals surface area contributed by atoms with Crippen molar-refractivity contribution in [3.05, 3.63) is 29.3 Å². The van der Waals surface area contributed by atoms with Crippen LogP contribution in [-0.2, 0) is 14.4 Å². The lowest BCUT2D eigenvalue weighted by atomic mass is 9.66. The van der Waals surface area contributed by atoms with Gasteiger partial charge in [0.05, 0.1) is 16.6 Å². The van der Waals surface area contributed by atoms with Crippen LogP contribution in [0.15, 0.2) is 24.3 Å². The van der Waals surface area contributed by atoms with Gasteiger partial charge in [-0.25, -0.2) is 0 Å². The summed E-state index contributed by atoms with van der Waals surface area (Å²) < 4.78 is -0.996. The number of nitrogens with one attached hydrogen (secondary N) is 2. The Morgan fingerprint density at radius 1 is 1.21 bits per heavy atom. The van der Waals surface area contributed by atoms with Crippen molar-refractivity contribution in [2.24, 2.45) is 11.8 Å². The van der Waals surface area contributed by atoms with E-state index in [9.17, 15) is 19.5 Å². The maximum absolute atomic E-state index is 13.8. The first-order valence-corrected chi connectivity index (χ1v) is 12.9. The number of likely N-dealkylation sites (tertiary alicyclic amines) is 1. The number of aliphatic hydroxyl groups excluding tert-OH is 1. The third kappa shape index (κ3) is 4.15. The van der Waals surface area contributed by atoms with E-state index in [0.29, 0.717) is 36.6 Å². The zero-order valence-electron chi connectivity index (χ0n) is 19.1. The van der Waals surface area contributed by atoms with Crippen molar-refractivity contribution in [1.29, 1.82) is 0 Å². The molecule has 3 aliphatic heterocycles. The van der Waals surface area contributed by atoms with Crippen molar-refractivity contribution < 1.29 is 19.5 Å². The van der Waals surface area contributed by atoms with Crippen molar-refractivity contribution in [2.45, 2.75) is 61.5 Å². The van der Waals surface area contributed by atoms with Gasteiger partial charge in [0.2, 0.25) is 17.7 Å². The van der Waals surface area contributed by atoms with Gasteiger partial charge >= 0.3 is 0 Å². The molecule has 2 unspecified atom stereocenters. The van der Waals surface area contributed by atoms with Gasteiger partial charge in [-0.05, 0) is 63.3 Å². The lowest BCUT2D eigenvalue weighted by molar-refractivity contribution is -0.140. The van der Waals surface area contributed by atoms with E-state index in [2.05, 4.69) is 17.6 Å². The fourth-order valence-electron chi connectivity index (χ4n) is 5.86. The fraction of sp³-hybridized carbons (Fsp3) is 0.625. The molecule has 3 heterocycles. The first-order valence-electron chi connectivity index (χ1n) is 11.7. The molecule has 3 N–H and O–H groups in total. The van der Waals surface area contributed by atoms with Gasteiger partial charge in [0.1, 0.15) is 6.04 Å². The molecule has 9 heteroatoms. The molecule has 1 aromatic carbocycles. The molecule has 0 radical (unpaired) electrons. The number of unbranched alkanes of at least 4 members (excludes halogenated alkanes) is 1. The number of hydrogen-bond acceptors (Lipinski definition) is 5. The number of amides is 3. The predicted molar refractivity (Wildman–Crippen MR) is 130 cm³/mol. The first kappa shape index (κ1) is 24.4. The molecule has 0 aromatic heterocycles. The third-order valence-electron chi connectivity index (χ3n) is 7.28. The Kier molecular flexibility index (Phi) is 6.99.